The normalized spacial score (nSPS) is 9.23. The van der Waals surface area contributed by atoms with Crippen molar-refractivity contribution >= 4 is 11.8 Å². The van der Waals surface area contributed by atoms with Gasteiger partial charge < -0.3 is 0 Å². The van der Waals surface area contributed by atoms with E-state index < -0.39 is 0 Å². The summed E-state index contributed by atoms with van der Waals surface area (Å²) >= 11 is 1.65. The lowest BCUT2D eigenvalue weighted by Crippen LogP contribution is -1.87. The molecule has 68 valence electrons. The van der Waals surface area contributed by atoms with Crippen LogP contribution < -0.4 is 0 Å². The first-order chi connectivity index (χ1) is 6.43. The largest absolute Gasteiger partial charge is 0.156 e. The summed E-state index contributed by atoms with van der Waals surface area (Å²) in [6, 6.07) is 10.3. The van der Waals surface area contributed by atoms with Crippen LogP contribution in [0.2, 0.25) is 0 Å². The maximum Gasteiger partial charge on any atom is 0.0721 e. The molecule has 0 bridgehead atoms. The number of benzene rings is 1. The van der Waals surface area contributed by atoms with Crippen LogP contribution in [0.15, 0.2) is 35.4 Å². The molecule has 0 saturated heterocycles. The van der Waals surface area contributed by atoms with E-state index in [1.165, 1.54) is 5.56 Å². The molecule has 0 N–H and O–H groups in total. The molecule has 4 heteroatoms. The molecule has 0 unspecified atom stereocenters. The van der Waals surface area contributed by atoms with Crippen LogP contribution in [0.3, 0.4) is 0 Å². The Bertz CT molecular complexity index is 280. The summed E-state index contributed by atoms with van der Waals surface area (Å²) in [5.74, 6) is 1.53. The van der Waals surface area contributed by atoms with Gasteiger partial charge in [-0.1, -0.05) is 35.4 Å². The first kappa shape index (κ1) is 9.96. The van der Waals surface area contributed by atoms with Crippen molar-refractivity contribution in [3.8, 4) is 0 Å². The molecule has 1 rings (SSSR count). The molecule has 0 spiro atoms. The summed E-state index contributed by atoms with van der Waals surface area (Å²) in [5, 5.41) is 3.45. The highest BCUT2D eigenvalue weighted by atomic mass is 32.2. The first-order valence-electron chi connectivity index (χ1n) is 4.06. The Morgan fingerprint density at radius 2 is 2.08 bits per heavy atom. The van der Waals surface area contributed by atoms with Gasteiger partial charge in [-0.15, -0.1) is 0 Å². The molecule has 0 aliphatic carbocycles. The zero-order chi connectivity index (χ0) is 9.36. The highest BCUT2D eigenvalue weighted by Gasteiger charge is 1.90. The molecule has 3 nitrogen and oxygen atoms in total. The van der Waals surface area contributed by atoms with Gasteiger partial charge in [-0.25, -0.2) is 0 Å². The summed E-state index contributed by atoms with van der Waals surface area (Å²) in [6.45, 7) is 0. The predicted octanol–water partition coefficient (Wildman–Crippen LogP) is 3.23. The summed E-state index contributed by atoms with van der Waals surface area (Å²) in [6.07, 6.45) is 1.03. The van der Waals surface area contributed by atoms with Crippen molar-refractivity contribution in [2.45, 2.75) is 6.42 Å². The number of azide groups is 1. The van der Waals surface area contributed by atoms with E-state index in [1.807, 2.05) is 18.2 Å². The maximum atomic E-state index is 8.03. The summed E-state index contributed by atoms with van der Waals surface area (Å²) < 4.78 is 0. The second kappa shape index (κ2) is 6.40. The molecule has 0 aliphatic rings. The Hall–Kier alpha value is -1.12. The smallest absolute Gasteiger partial charge is 0.0721 e. The highest BCUT2D eigenvalue weighted by Crippen LogP contribution is 2.06. The van der Waals surface area contributed by atoms with E-state index in [4.69, 9.17) is 5.53 Å². The van der Waals surface area contributed by atoms with Crippen molar-refractivity contribution < 1.29 is 0 Å². The van der Waals surface area contributed by atoms with E-state index in [2.05, 4.69) is 22.2 Å². The lowest BCUT2D eigenvalue weighted by Gasteiger charge is -1.98. The highest BCUT2D eigenvalue weighted by molar-refractivity contribution is 7.99. The van der Waals surface area contributed by atoms with Crippen molar-refractivity contribution in [3.05, 3.63) is 46.3 Å². The molecular formula is C9H11N3S. The zero-order valence-corrected chi connectivity index (χ0v) is 8.07. The zero-order valence-electron chi connectivity index (χ0n) is 7.26. The van der Waals surface area contributed by atoms with E-state index in [0.29, 0.717) is 5.88 Å². The first-order valence-corrected chi connectivity index (χ1v) is 5.21. The van der Waals surface area contributed by atoms with Crippen LogP contribution in [0.25, 0.3) is 10.4 Å². The molecule has 0 aliphatic heterocycles. The second-order valence-electron chi connectivity index (χ2n) is 2.50. The molecular weight excluding hydrogens is 182 g/mol. The summed E-state index contributed by atoms with van der Waals surface area (Å²) in [5.41, 5.74) is 9.36. The van der Waals surface area contributed by atoms with Gasteiger partial charge in [0.05, 0.1) is 5.88 Å². The van der Waals surface area contributed by atoms with Gasteiger partial charge in [-0.05, 0) is 23.3 Å². The molecule has 1 aromatic rings. The number of rotatable bonds is 5. The molecule has 0 saturated carbocycles. The number of nitrogens with zero attached hydrogens (tertiary/aromatic N) is 3. The van der Waals surface area contributed by atoms with Crippen molar-refractivity contribution in [3.63, 3.8) is 0 Å². The predicted molar refractivity (Wildman–Crippen MR) is 56.6 cm³/mol. The average molecular weight is 193 g/mol. The lowest BCUT2D eigenvalue weighted by atomic mass is 10.2. The quantitative estimate of drug-likeness (QED) is 0.306. The minimum absolute atomic E-state index is 0.531. The molecule has 0 aromatic heterocycles. The van der Waals surface area contributed by atoms with Gasteiger partial charge in [0.15, 0.2) is 0 Å². The summed E-state index contributed by atoms with van der Waals surface area (Å²) in [7, 11) is 0. The van der Waals surface area contributed by atoms with E-state index in [-0.39, 0.29) is 0 Å². The van der Waals surface area contributed by atoms with Crippen molar-refractivity contribution in [1.29, 1.82) is 0 Å². The van der Waals surface area contributed by atoms with Crippen LogP contribution >= 0.6 is 11.8 Å². The van der Waals surface area contributed by atoms with Crippen molar-refractivity contribution in [2.75, 3.05) is 11.6 Å². The van der Waals surface area contributed by atoms with Crippen LogP contribution in [0.5, 0.6) is 0 Å². The third-order valence-electron chi connectivity index (χ3n) is 1.59. The van der Waals surface area contributed by atoms with Crippen LogP contribution in [0.4, 0.5) is 0 Å². The van der Waals surface area contributed by atoms with Gasteiger partial charge in [0.25, 0.3) is 0 Å². The topological polar surface area (TPSA) is 48.8 Å². The number of thioether (sulfide) groups is 1. The van der Waals surface area contributed by atoms with Gasteiger partial charge in [-0.3, -0.25) is 0 Å². The van der Waals surface area contributed by atoms with E-state index in [1.54, 1.807) is 11.8 Å². The van der Waals surface area contributed by atoms with Gasteiger partial charge in [0.1, 0.15) is 0 Å². The Morgan fingerprint density at radius 1 is 1.31 bits per heavy atom. The molecule has 0 heterocycles. The third kappa shape index (κ3) is 4.45. The van der Waals surface area contributed by atoms with Gasteiger partial charge in [0, 0.05) is 4.91 Å². The monoisotopic (exact) mass is 193 g/mol. The number of aryl methyl sites for hydroxylation is 1. The molecule has 0 atom stereocenters. The molecule has 13 heavy (non-hydrogen) atoms. The third-order valence-corrected chi connectivity index (χ3v) is 2.38. The maximum absolute atomic E-state index is 8.03. The SMILES string of the molecule is [N-]=[N+]=NCSCCc1ccccc1. The van der Waals surface area contributed by atoms with Gasteiger partial charge in [-0.2, -0.15) is 11.8 Å². The van der Waals surface area contributed by atoms with E-state index in [0.717, 1.165) is 12.2 Å². The van der Waals surface area contributed by atoms with Crippen LogP contribution in [0, 0.1) is 0 Å². The second-order valence-corrected chi connectivity index (χ2v) is 3.58. The lowest BCUT2D eigenvalue weighted by molar-refractivity contribution is 1.15. The van der Waals surface area contributed by atoms with Crippen LogP contribution in [-0.2, 0) is 6.42 Å². The molecule has 0 amide bonds. The number of hydrogen-bond acceptors (Lipinski definition) is 2. The Kier molecular flexibility index (Phi) is 4.91. The minimum atomic E-state index is 0.531. The minimum Gasteiger partial charge on any atom is -0.156 e. The fraction of sp³-hybridized carbons (Fsp3) is 0.333. The Balaban J connectivity index is 2.17. The number of hydrogen-bond donors (Lipinski definition) is 0. The van der Waals surface area contributed by atoms with Crippen molar-refractivity contribution in [2.24, 2.45) is 5.11 Å². The average Bonchev–Trinajstić information content (AvgIpc) is 2.19. The fourth-order valence-electron chi connectivity index (χ4n) is 0.966. The summed E-state index contributed by atoms with van der Waals surface area (Å²) in [4.78, 5) is 2.68. The van der Waals surface area contributed by atoms with Gasteiger partial charge >= 0.3 is 0 Å². The molecule has 1 aromatic carbocycles. The van der Waals surface area contributed by atoms with Crippen LogP contribution in [-0.4, -0.2) is 11.6 Å². The van der Waals surface area contributed by atoms with E-state index >= 15 is 0 Å². The van der Waals surface area contributed by atoms with Gasteiger partial charge in [0.2, 0.25) is 0 Å². The molecule has 0 fully saturated rings. The Labute approximate surface area is 81.8 Å². The standard InChI is InChI=1S/C9H11N3S/c10-12-11-8-13-7-6-9-4-2-1-3-5-9/h1-5H,6-8H2. The molecule has 0 radical (unpaired) electrons. The van der Waals surface area contributed by atoms with Crippen LogP contribution in [0.1, 0.15) is 5.56 Å². The fourth-order valence-corrected chi connectivity index (χ4v) is 1.61. The van der Waals surface area contributed by atoms with Crippen molar-refractivity contribution in [1.82, 2.24) is 0 Å². The van der Waals surface area contributed by atoms with E-state index in [9.17, 15) is 0 Å². The Morgan fingerprint density at radius 3 is 2.77 bits per heavy atom.